The molecule has 92 valence electrons. The number of aliphatic carboxylic acids is 1. The summed E-state index contributed by atoms with van der Waals surface area (Å²) in [6, 6.07) is 7.60. The Morgan fingerprint density at radius 2 is 2.18 bits per heavy atom. The fourth-order valence-corrected chi connectivity index (χ4v) is 2.26. The normalized spacial score (nSPS) is 19.9. The van der Waals surface area contributed by atoms with Crippen molar-refractivity contribution in [1.82, 2.24) is 4.90 Å². The van der Waals surface area contributed by atoms with Crippen molar-refractivity contribution in [1.29, 1.82) is 0 Å². The van der Waals surface area contributed by atoms with Gasteiger partial charge in [0, 0.05) is 20.2 Å². The van der Waals surface area contributed by atoms with Crippen LogP contribution in [0.3, 0.4) is 0 Å². The summed E-state index contributed by atoms with van der Waals surface area (Å²) in [5.41, 5.74) is 2.37. The lowest BCUT2D eigenvalue weighted by Gasteiger charge is -2.34. The molecule has 1 heterocycles. The summed E-state index contributed by atoms with van der Waals surface area (Å²) in [7, 11) is 1.63. The maximum Gasteiger partial charge on any atom is 0.321 e. The van der Waals surface area contributed by atoms with Crippen LogP contribution in [0.2, 0.25) is 0 Å². The molecule has 0 saturated heterocycles. The quantitative estimate of drug-likeness (QED) is 0.850. The van der Waals surface area contributed by atoms with Crippen LogP contribution in [0.5, 0.6) is 0 Å². The molecule has 0 fully saturated rings. The number of hydrogen-bond donors (Lipinski definition) is 1. The van der Waals surface area contributed by atoms with Crippen LogP contribution >= 0.6 is 0 Å². The third-order valence-corrected chi connectivity index (χ3v) is 3.21. The fourth-order valence-electron chi connectivity index (χ4n) is 2.26. The predicted octanol–water partition coefficient (Wildman–Crippen LogP) is 1.14. The van der Waals surface area contributed by atoms with Crippen LogP contribution in [-0.4, -0.2) is 42.3 Å². The zero-order chi connectivity index (χ0) is 12.3. The van der Waals surface area contributed by atoms with Crippen molar-refractivity contribution in [3.8, 4) is 0 Å². The molecule has 1 N–H and O–H groups in total. The van der Waals surface area contributed by atoms with E-state index in [0.717, 1.165) is 5.56 Å². The highest BCUT2D eigenvalue weighted by Gasteiger charge is 2.30. The Hall–Kier alpha value is -1.39. The van der Waals surface area contributed by atoms with Crippen molar-refractivity contribution in [3.63, 3.8) is 0 Å². The van der Waals surface area contributed by atoms with Gasteiger partial charge in [-0.1, -0.05) is 24.3 Å². The van der Waals surface area contributed by atoms with Crippen LogP contribution in [0.4, 0.5) is 0 Å². The lowest BCUT2D eigenvalue weighted by Crippen LogP contribution is -2.46. The fraction of sp³-hybridized carbons (Fsp3) is 0.462. The van der Waals surface area contributed by atoms with E-state index in [9.17, 15) is 9.90 Å². The second kappa shape index (κ2) is 5.29. The summed E-state index contributed by atoms with van der Waals surface area (Å²) in [6.45, 7) is 1.91. The highest BCUT2D eigenvalue weighted by molar-refractivity contribution is 5.74. The van der Waals surface area contributed by atoms with E-state index in [2.05, 4.69) is 6.07 Å². The molecular formula is C13H17NO3. The molecule has 17 heavy (non-hydrogen) atoms. The van der Waals surface area contributed by atoms with Gasteiger partial charge in [0.2, 0.25) is 0 Å². The van der Waals surface area contributed by atoms with E-state index in [-0.39, 0.29) is 0 Å². The number of ether oxygens (including phenoxy) is 1. The number of benzene rings is 1. The van der Waals surface area contributed by atoms with Crippen LogP contribution < -0.4 is 0 Å². The topological polar surface area (TPSA) is 49.8 Å². The molecule has 0 bridgehead atoms. The number of methoxy groups -OCH3 is 1. The van der Waals surface area contributed by atoms with Crippen molar-refractivity contribution in [3.05, 3.63) is 35.4 Å². The van der Waals surface area contributed by atoms with Crippen LogP contribution in [0.15, 0.2) is 24.3 Å². The van der Waals surface area contributed by atoms with Crippen LogP contribution in [0, 0.1) is 0 Å². The van der Waals surface area contributed by atoms with E-state index in [1.807, 2.05) is 23.1 Å². The first kappa shape index (κ1) is 12.1. The Kier molecular flexibility index (Phi) is 3.76. The molecule has 1 atom stereocenters. The molecule has 0 spiro atoms. The standard InChI is InChI=1S/C13H17NO3/c1-17-7-6-14-9-11-5-3-2-4-10(11)8-12(14)13(15)16/h2-5,12H,6-9H2,1H3,(H,15,16). The van der Waals surface area contributed by atoms with E-state index in [0.29, 0.717) is 26.1 Å². The molecular weight excluding hydrogens is 218 g/mol. The Balaban J connectivity index is 2.18. The van der Waals surface area contributed by atoms with Gasteiger partial charge in [0.1, 0.15) is 6.04 Å². The Bertz CT molecular complexity index is 405. The van der Waals surface area contributed by atoms with Crippen molar-refractivity contribution in [2.75, 3.05) is 20.3 Å². The summed E-state index contributed by atoms with van der Waals surface area (Å²) >= 11 is 0. The molecule has 4 nitrogen and oxygen atoms in total. The minimum Gasteiger partial charge on any atom is -0.480 e. The Morgan fingerprint density at radius 3 is 2.82 bits per heavy atom. The molecule has 0 aromatic heterocycles. The third kappa shape index (κ3) is 2.65. The third-order valence-electron chi connectivity index (χ3n) is 3.21. The van der Waals surface area contributed by atoms with Gasteiger partial charge in [0.05, 0.1) is 6.61 Å². The maximum absolute atomic E-state index is 11.3. The van der Waals surface area contributed by atoms with E-state index in [1.54, 1.807) is 7.11 Å². The molecule has 4 heteroatoms. The smallest absolute Gasteiger partial charge is 0.321 e. The van der Waals surface area contributed by atoms with Gasteiger partial charge in [-0.3, -0.25) is 9.69 Å². The molecule has 0 radical (unpaired) electrons. The molecule has 1 aliphatic heterocycles. The van der Waals surface area contributed by atoms with E-state index < -0.39 is 12.0 Å². The summed E-state index contributed by atoms with van der Waals surface area (Å²) in [4.78, 5) is 13.2. The van der Waals surface area contributed by atoms with Gasteiger partial charge in [-0.05, 0) is 17.5 Å². The molecule has 0 aliphatic carbocycles. The number of carbonyl (C=O) groups is 1. The van der Waals surface area contributed by atoms with Crippen LogP contribution in [-0.2, 0) is 22.5 Å². The number of fused-ring (bicyclic) bond motifs is 1. The minimum absolute atomic E-state index is 0.431. The summed E-state index contributed by atoms with van der Waals surface area (Å²) < 4.78 is 5.03. The van der Waals surface area contributed by atoms with Crippen molar-refractivity contribution in [2.45, 2.75) is 19.0 Å². The lowest BCUT2D eigenvalue weighted by atomic mass is 9.94. The Morgan fingerprint density at radius 1 is 1.47 bits per heavy atom. The number of carboxylic acids is 1. The van der Waals surface area contributed by atoms with Crippen LogP contribution in [0.1, 0.15) is 11.1 Å². The molecule has 1 aromatic carbocycles. The highest BCUT2D eigenvalue weighted by atomic mass is 16.5. The van der Waals surface area contributed by atoms with E-state index in [1.165, 1.54) is 5.56 Å². The molecule has 1 aromatic rings. The van der Waals surface area contributed by atoms with Gasteiger partial charge in [-0.25, -0.2) is 0 Å². The first-order chi connectivity index (χ1) is 8.22. The number of rotatable bonds is 4. The van der Waals surface area contributed by atoms with Gasteiger partial charge >= 0.3 is 5.97 Å². The van der Waals surface area contributed by atoms with Gasteiger partial charge in [0.15, 0.2) is 0 Å². The van der Waals surface area contributed by atoms with E-state index in [4.69, 9.17) is 4.74 Å². The predicted molar refractivity (Wildman–Crippen MR) is 63.9 cm³/mol. The molecule has 1 unspecified atom stereocenters. The largest absolute Gasteiger partial charge is 0.480 e. The SMILES string of the molecule is COCCN1Cc2ccccc2CC1C(=O)O. The Labute approximate surface area is 101 Å². The zero-order valence-corrected chi connectivity index (χ0v) is 9.93. The monoisotopic (exact) mass is 235 g/mol. The average Bonchev–Trinajstić information content (AvgIpc) is 2.35. The number of nitrogens with zero attached hydrogens (tertiary/aromatic N) is 1. The molecule has 1 aliphatic rings. The molecule has 0 amide bonds. The van der Waals surface area contributed by atoms with Crippen LogP contribution in [0.25, 0.3) is 0 Å². The van der Waals surface area contributed by atoms with Gasteiger partial charge in [0.25, 0.3) is 0 Å². The van der Waals surface area contributed by atoms with Gasteiger partial charge in [-0.2, -0.15) is 0 Å². The lowest BCUT2D eigenvalue weighted by molar-refractivity contribution is -0.144. The van der Waals surface area contributed by atoms with Crippen molar-refractivity contribution < 1.29 is 14.6 Å². The molecule has 2 rings (SSSR count). The van der Waals surface area contributed by atoms with Gasteiger partial charge < -0.3 is 9.84 Å². The second-order valence-corrected chi connectivity index (χ2v) is 4.29. The van der Waals surface area contributed by atoms with E-state index >= 15 is 0 Å². The van der Waals surface area contributed by atoms with Crippen molar-refractivity contribution >= 4 is 5.97 Å². The summed E-state index contributed by atoms with van der Waals surface area (Å²) in [5.74, 6) is -0.754. The summed E-state index contributed by atoms with van der Waals surface area (Å²) in [5, 5.41) is 9.25. The first-order valence-electron chi connectivity index (χ1n) is 5.75. The van der Waals surface area contributed by atoms with Crippen molar-refractivity contribution in [2.24, 2.45) is 0 Å². The zero-order valence-electron chi connectivity index (χ0n) is 9.93. The minimum atomic E-state index is -0.754. The first-order valence-corrected chi connectivity index (χ1v) is 5.75. The second-order valence-electron chi connectivity index (χ2n) is 4.29. The number of carboxylic acid groups (broad SMARTS) is 1. The molecule has 0 saturated carbocycles. The maximum atomic E-state index is 11.3. The van der Waals surface area contributed by atoms with Gasteiger partial charge in [-0.15, -0.1) is 0 Å². The number of hydrogen-bond acceptors (Lipinski definition) is 3. The summed E-state index contributed by atoms with van der Waals surface area (Å²) in [6.07, 6.45) is 0.579. The average molecular weight is 235 g/mol. The highest BCUT2D eigenvalue weighted by Crippen LogP contribution is 2.23.